The molecule has 18 heavy (non-hydrogen) atoms. The van der Waals surface area contributed by atoms with Crippen LogP contribution >= 0.6 is 0 Å². The molecule has 1 aromatic rings. The van der Waals surface area contributed by atoms with E-state index in [1.54, 1.807) is 6.33 Å². The molecule has 0 radical (unpaired) electrons. The molecule has 0 atom stereocenters. The molecule has 4 nitrogen and oxygen atoms in total. The van der Waals surface area contributed by atoms with Crippen molar-refractivity contribution in [2.75, 3.05) is 19.0 Å². The van der Waals surface area contributed by atoms with Gasteiger partial charge in [-0.15, -0.1) is 0 Å². The quantitative estimate of drug-likeness (QED) is 0.720. The summed E-state index contributed by atoms with van der Waals surface area (Å²) in [7, 11) is 1.88. The third-order valence-corrected chi connectivity index (χ3v) is 2.81. The van der Waals surface area contributed by atoms with Crippen LogP contribution in [-0.4, -0.2) is 23.6 Å². The lowest BCUT2D eigenvalue weighted by Crippen LogP contribution is -2.07. The molecule has 0 fully saturated rings. The number of aromatic nitrogens is 2. The van der Waals surface area contributed by atoms with E-state index in [1.165, 1.54) is 6.42 Å². The van der Waals surface area contributed by atoms with Crippen LogP contribution in [0.15, 0.2) is 6.33 Å². The van der Waals surface area contributed by atoms with Crippen LogP contribution in [0.2, 0.25) is 0 Å². The zero-order valence-electron chi connectivity index (χ0n) is 12.0. The Kier molecular flexibility index (Phi) is 6.47. The summed E-state index contributed by atoms with van der Waals surface area (Å²) in [5.41, 5.74) is 1.09. The summed E-state index contributed by atoms with van der Waals surface area (Å²) in [6, 6.07) is 0. The Bertz CT molecular complexity index is 353. The second-order valence-corrected chi connectivity index (χ2v) is 4.89. The predicted octanol–water partition coefficient (Wildman–Crippen LogP) is 3.29. The van der Waals surface area contributed by atoms with Crippen molar-refractivity contribution in [2.24, 2.45) is 5.92 Å². The predicted molar refractivity (Wildman–Crippen MR) is 75.1 cm³/mol. The van der Waals surface area contributed by atoms with E-state index < -0.39 is 0 Å². The van der Waals surface area contributed by atoms with E-state index >= 15 is 0 Å². The van der Waals surface area contributed by atoms with Crippen molar-refractivity contribution in [1.82, 2.24) is 9.97 Å². The molecule has 0 bridgehead atoms. The Morgan fingerprint density at radius 3 is 2.72 bits per heavy atom. The van der Waals surface area contributed by atoms with Crippen LogP contribution in [0.3, 0.4) is 0 Å². The SMILES string of the molecule is CCCc1c(NC)ncnc1OCCCC(C)C. The number of hydrogen-bond acceptors (Lipinski definition) is 4. The van der Waals surface area contributed by atoms with Gasteiger partial charge in [0, 0.05) is 7.05 Å². The summed E-state index contributed by atoms with van der Waals surface area (Å²) >= 11 is 0. The number of rotatable bonds is 8. The lowest BCUT2D eigenvalue weighted by Gasteiger charge is -2.13. The minimum Gasteiger partial charge on any atom is -0.477 e. The van der Waals surface area contributed by atoms with E-state index in [2.05, 4.69) is 36.1 Å². The topological polar surface area (TPSA) is 47.0 Å². The minimum atomic E-state index is 0.724. The molecular formula is C14H25N3O. The molecule has 1 aromatic heterocycles. The van der Waals surface area contributed by atoms with Crippen LogP contribution in [0.1, 0.15) is 45.6 Å². The molecule has 0 aliphatic carbocycles. The van der Waals surface area contributed by atoms with Gasteiger partial charge in [0.25, 0.3) is 0 Å². The first-order valence-electron chi connectivity index (χ1n) is 6.83. The van der Waals surface area contributed by atoms with Gasteiger partial charge >= 0.3 is 0 Å². The van der Waals surface area contributed by atoms with E-state index in [-0.39, 0.29) is 0 Å². The molecule has 0 amide bonds. The second kappa shape index (κ2) is 7.90. The van der Waals surface area contributed by atoms with Gasteiger partial charge in [-0.3, -0.25) is 0 Å². The van der Waals surface area contributed by atoms with Crippen molar-refractivity contribution in [2.45, 2.75) is 46.5 Å². The Morgan fingerprint density at radius 1 is 1.33 bits per heavy atom. The smallest absolute Gasteiger partial charge is 0.221 e. The molecule has 1 heterocycles. The van der Waals surface area contributed by atoms with E-state index in [0.717, 1.165) is 49.0 Å². The first-order valence-corrected chi connectivity index (χ1v) is 6.83. The third-order valence-electron chi connectivity index (χ3n) is 2.81. The number of ether oxygens (including phenoxy) is 1. The first kappa shape index (κ1) is 14.7. The van der Waals surface area contributed by atoms with Gasteiger partial charge < -0.3 is 10.1 Å². The second-order valence-electron chi connectivity index (χ2n) is 4.89. The maximum absolute atomic E-state index is 5.79. The maximum atomic E-state index is 5.79. The lowest BCUT2D eigenvalue weighted by atomic mass is 10.1. The highest BCUT2D eigenvalue weighted by molar-refractivity contribution is 5.48. The van der Waals surface area contributed by atoms with E-state index in [9.17, 15) is 0 Å². The number of hydrogen-bond donors (Lipinski definition) is 1. The van der Waals surface area contributed by atoms with Crippen molar-refractivity contribution in [3.05, 3.63) is 11.9 Å². The maximum Gasteiger partial charge on any atom is 0.221 e. The average molecular weight is 251 g/mol. The minimum absolute atomic E-state index is 0.724. The van der Waals surface area contributed by atoms with E-state index in [0.29, 0.717) is 0 Å². The molecule has 1 N–H and O–H groups in total. The fraction of sp³-hybridized carbons (Fsp3) is 0.714. The Balaban J connectivity index is 2.63. The van der Waals surface area contributed by atoms with Gasteiger partial charge in [-0.1, -0.05) is 27.2 Å². The van der Waals surface area contributed by atoms with Gasteiger partial charge in [-0.05, 0) is 25.2 Å². The number of nitrogens with one attached hydrogen (secondary N) is 1. The summed E-state index contributed by atoms with van der Waals surface area (Å²) in [5, 5.41) is 3.10. The third kappa shape index (κ3) is 4.51. The Labute approximate surface area is 110 Å². The van der Waals surface area contributed by atoms with E-state index in [1.807, 2.05) is 7.05 Å². The van der Waals surface area contributed by atoms with Gasteiger partial charge in [-0.2, -0.15) is 0 Å². The zero-order valence-corrected chi connectivity index (χ0v) is 12.0. The van der Waals surface area contributed by atoms with Crippen LogP contribution in [0, 0.1) is 5.92 Å². The fourth-order valence-electron chi connectivity index (χ4n) is 1.87. The first-order chi connectivity index (χ1) is 8.69. The van der Waals surface area contributed by atoms with Gasteiger partial charge in [0.1, 0.15) is 12.1 Å². The Morgan fingerprint density at radius 2 is 2.11 bits per heavy atom. The van der Waals surface area contributed by atoms with Gasteiger partial charge in [0.05, 0.1) is 12.2 Å². The summed E-state index contributed by atoms with van der Waals surface area (Å²) in [5.74, 6) is 2.34. The lowest BCUT2D eigenvalue weighted by molar-refractivity contribution is 0.284. The molecule has 0 spiro atoms. The van der Waals surface area contributed by atoms with Crippen LogP contribution < -0.4 is 10.1 Å². The highest BCUT2D eigenvalue weighted by Crippen LogP contribution is 2.23. The van der Waals surface area contributed by atoms with Crippen molar-refractivity contribution in [1.29, 1.82) is 0 Å². The van der Waals surface area contributed by atoms with Crippen LogP contribution in [0.25, 0.3) is 0 Å². The molecule has 102 valence electrons. The zero-order chi connectivity index (χ0) is 13.4. The summed E-state index contributed by atoms with van der Waals surface area (Å²) in [4.78, 5) is 8.48. The van der Waals surface area contributed by atoms with Gasteiger partial charge in [0.15, 0.2) is 0 Å². The number of anilines is 1. The number of nitrogens with zero attached hydrogens (tertiary/aromatic N) is 2. The largest absolute Gasteiger partial charge is 0.477 e. The van der Waals surface area contributed by atoms with Crippen LogP contribution in [0.4, 0.5) is 5.82 Å². The molecule has 4 heteroatoms. The molecule has 0 unspecified atom stereocenters. The molecule has 0 saturated heterocycles. The molecule has 0 aliphatic rings. The van der Waals surface area contributed by atoms with Gasteiger partial charge in [-0.25, -0.2) is 9.97 Å². The standard InChI is InChI=1S/C14H25N3O/c1-5-7-12-13(15-4)16-10-17-14(12)18-9-6-8-11(2)3/h10-11H,5-9H2,1-4H3,(H,15,16,17). The average Bonchev–Trinajstić information content (AvgIpc) is 2.36. The Hall–Kier alpha value is -1.32. The highest BCUT2D eigenvalue weighted by Gasteiger charge is 2.10. The summed E-state index contributed by atoms with van der Waals surface area (Å²) in [6.07, 6.45) is 5.82. The fourth-order valence-corrected chi connectivity index (χ4v) is 1.87. The molecular weight excluding hydrogens is 226 g/mol. The van der Waals surface area contributed by atoms with Crippen molar-refractivity contribution >= 4 is 5.82 Å². The molecule has 0 aromatic carbocycles. The van der Waals surface area contributed by atoms with Crippen molar-refractivity contribution < 1.29 is 4.74 Å². The molecule has 0 aliphatic heterocycles. The normalized spacial score (nSPS) is 10.7. The monoisotopic (exact) mass is 251 g/mol. The molecule has 1 rings (SSSR count). The molecule has 0 saturated carbocycles. The van der Waals surface area contributed by atoms with Crippen molar-refractivity contribution in [3.8, 4) is 5.88 Å². The summed E-state index contributed by atoms with van der Waals surface area (Å²) < 4.78 is 5.79. The van der Waals surface area contributed by atoms with Crippen LogP contribution in [0.5, 0.6) is 5.88 Å². The summed E-state index contributed by atoms with van der Waals surface area (Å²) in [6.45, 7) is 7.34. The van der Waals surface area contributed by atoms with E-state index in [4.69, 9.17) is 4.74 Å². The van der Waals surface area contributed by atoms with Crippen molar-refractivity contribution in [3.63, 3.8) is 0 Å². The van der Waals surface area contributed by atoms with Crippen LogP contribution in [-0.2, 0) is 6.42 Å². The van der Waals surface area contributed by atoms with Gasteiger partial charge in [0.2, 0.25) is 5.88 Å². The highest BCUT2D eigenvalue weighted by atomic mass is 16.5.